The lowest BCUT2D eigenvalue weighted by Crippen LogP contribution is -2.26. The molecule has 0 amide bonds. The minimum atomic E-state index is -0.0637. The summed E-state index contributed by atoms with van der Waals surface area (Å²) in [5.74, 6) is 0. The number of aromatic nitrogens is 2. The number of H-pyrrole nitrogens is 1. The van der Waals surface area contributed by atoms with Crippen molar-refractivity contribution in [2.45, 2.75) is 19.3 Å². The fraction of sp³-hybridized carbons (Fsp3) is 0.111. The van der Waals surface area contributed by atoms with E-state index in [-0.39, 0.29) is 5.41 Å². The maximum Gasteiger partial charge on any atom is 0.0582 e. The van der Waals surface area contributed by atoms with E-state index in [1.807, 2.05) is 0 Å². The van der Waals surface area contributed by atoms with Crippen molar-refractivity contribution in [3.05, 3.63) is 90.0 Å². The fourth-order valence-electron chi connectivity index (χ4n) is 5.49. The SMILES string of the molecule is CC1(C)c2cc3c(cc2-n2c4ccccc4c4cccc1c42)[nH]c1ccccc13. The van der Waals surface area contributed by atoms with Gasteiger partial charge in [0.25, 0.3) is 0 Å². The number of para-hydroxylation sites is 3. The van der Waals surface area contributed by atoms with Crippen LogP contribution in [-0.2, 0) is 5.41 Å². The van der Waals surface area contributed by atoms with Crippen molar-refractivity contribution in [2.75, 3.05) is 0 Å². The second kappa shape index (κ2) is 4.90. The maximum absolute atomic E-state index is 3.64. The van der Waals surface area contributed by atoms with Crippen LogP contribution in [0, 0.1) is 0 Å². The van der Waals surface area contributed by atoms with Crippen LogP contribution in [-0.4, -0.2) is 9.55 Å². The van der Waals surface area contributed by atoms with Gasteiger partial charge in [-0.3, -0.25) is 0 Å². The van der Waals surface area contributed by atoms with E-state index >= 15 is 0 Å². The number of fused-ring (bicyclic) bond motifs is 8. The highest BCUT2D eigenvalue weighted by Gasteiger charge is 2.35. The molecule has 0 aliphatic carbocycles. The van der Waals surface area contributed by atoms with E-state index in [2.05, 4.69) is 102 Å². The van der Waals surface area contributed by atoms with Crippen LogP contribution >= 0.6 is 0 Å². The molecule has 138 valence electrons. The van der Waals surface area contributed by atoms with E-state index < -0.39 is 0 Å². The van der Waals surface area contributed by atoms with Gasteiger partial charge in [-0.15, -0.1) is 0 Å². The first-order valence-electron chi connectivity index (χ1n) is 10.2. The Morgan fingerprint density at radius 3 is 2.31 bits per heavy atom. The second-order valence-corrected chi connectivity index (χ2v) is 8.76. The van der Waals surface area contributed by atoms with Crippen molar-refractivity contribution in [1.82, 2.24) is 9.55 Å². The highest BCUT2D eigenvalue weighted by Crippen LogP contribution is 2.48. The third-order valence-electron chi connectivity index (χ3n) is 6.90. The van der Waals surface area contributed by atoms with Crippen molar-refractivity contribution in [1.29, 1.82) is 0 Å². The monoisotopic (exact) mass is 372 g/mol. The van der Waals surface area contributed by atoms with Crippen molar-refractivity contribution in [3.8, 4) is 5.69 Å². The Bertz CT molecular complexity index is 1630. The van der Waals surface area contributed by atoms with Crippen molar-refractivity contribution in [2.24, 2.45) is 0 Å². The molecule has 2 nitrogen and oxygen atoms in total. The lowest BCUT2D eigenvalue weighted by atomic mass is 9.74. The normalized spacial score (nSPS) is 14.8. The van der Waals surface area contributed by atoms with Gasteiger partial charge >= 0.3 is 0 Å². The summed E-state index contributed by atoms with van der Waals surface area (Å²) in [6.07, 6.45) is 0. The number of hydrogen-bond donors (Lipinski definition) is 1. The maximum atomic E-state index is 3.64. The zero-order valence-electron chi connectivity index (χ0n) is 16.5. The van der Waals surface area contributed by atoms with E-state index in [0.29, 0.717) is 0 Å². The number of hydrogen-bond acceptors (Lipinski definition) is 0. The topological polar surface area (TPSA) is 20.7 Å². The molecule has 4 aromatic carbocycles. The lowest BCUT2D eigenvalue weighted by molar-refractivity contribution is 0.631. The Labute approximate surface area is 168 Å². The third kappa shape index (κ3) is 1.73. The second-order valence-electron chi connectivity index (χ2n) is 8.76. The number of aromatic amines is 1. The minimum absolute atomic E-state index is 0.0637. The molecule has 0 saturated carbocycles. The standard InChI is InChI=1S/C27H20N2/c1-27(2)20-11-7-10-18-17-9-4-6-13-24(17)29(26(18)20)25-15-23-19(14-21(25)27)16-8-3-5-12-22(16)28-23/h3-15,28H,1-2H3. The highest BCUT2D eigenvalue weighted by molar-refractivity contribution is 6.13. The molecule has 1 N–H and O–H groups in total. The fourth-order valence-corrected chi connectivity index (χ4v) is 5.49. The van der Waals surface area contributed by atoms with E-state index in [4.69, 9.17) is 0 Å². The van der Waals surface area contributed by atoms with Gasteiger partial charge in [0.15, 0.2) is 0 Å². The van der Waals surface area contributed by atoms with Gasteiger partial charge < -0.3 is 9.55 Å². The molecule has 0 unspecified atom stereocenters. The number of benzene rings is 4. The average Bonchev–Trinajstić information content (AvgIpc) is 3.27. The summed E-state index contributed by atoms with van der Waals surface area (Å²) < 4.78 is 2.48. The summed E-state index contributed by atoms with van der Waals surface area (Å²) in [5.41, 5.74) is 9.04. The van der Waals surface area contributed by atoms with Crippen LogP contribution in [0.3, 0.4) is 0 Å². The zero-order chi connectivity index (χ0) is 19.3. The molecule has 0 fully saturated rings. The molecule has 7 rings (SSSR count). The lowest BCUT2D eigenvalue weighted by Gasteiger charge is -2.34. The molecule has 0 bridgehead atoms. The summed E-state index contributed by atoms with van der Waals surface area (Å²) in [4.78, 5) is 3.64. The van der Waals surface area contributed by atoms with Crippen LogP contribution in [0.25, 0.3) is 49.3 Å². The predicted octanol–water partition coefficient (Wildman–Crippen LogP) is 7.06. The van der Waals surface area contributed by atoms with Crippen molar-refractivity contribution < 1.29 is 0 Å². The molecule has 0 radical (unpaired) electrons. The number of nitrogens with zero attached hydrogens (tertiary/aromatic N) is 1. The predicted molar refractivity (Wildman–Crippen MR) is 122 cm³/mol. The molecule has 0 atom stereocenters. The van der Waals surface area contributed by atoms with Crippen LogP contribution in [0.2, 0.25) is 0 Å². The van der Waals surface area contributed by atoms with Gasteiger partial charge in [0, 0.05) is 38.0 Å². The van der Waals surface area contributed by atoms with Crippen LogP contribution < -0.4 is 0 Å². The largest absolute Gasteiger partial charge is 0.354 e. The smallest absolute Gasteiger partial charge is 0.0582 e. The van der Waals surface area contributed by atoms with Crippen LogP contribution in [0.15, 0.2) is 78.9 Å². The zero-order valence-corrected chi connectivity index (χ0v) is 16.5. The summed E-state index contributed by atoms with van der Waals surface area (Å²) in [6, 6.07) is 28.9. The Morgan fingerprint density at radius 2 is 1.41 bits per heavy atom. The first-order chi connectivity index (χ1) is 14.1. The van der Waals surface area contributed by atoms with Gasteiger partial charge in [-0.1, -0.05) is 68.4 Å². The van der Waals surface area contributed by atoms with Gasteiger partial charge in [0.1, 0.15) is 0 Å². The van der Waals surface area contributed by atoms with Gasteiger partial charge in [0.2, 0.25) is 0 Å². The molecular formula is C27H20N2. The van der Waals surface area contributed by atoms with E-state index in [1.54, 1.807) is 0 Å². The van der Waals surface area contributed by atoms with Crippen LogP contribution in [0.1, 0.15) is 25.0 Å². The Balaban J connectivity index is 1.75. The Hall–Kier alpha value is -3.52. The van der Waals surface area contributed by atoms with Gasteiger partial charge in [-0.2, -0.15) is 0 Å². The van der Waals surface area contributed by atoms with Gasteiger partial charge in [-0.25, -0.2) is 0 Å². The summed E-state index contributed by atoms with van der Waals surface area (Å²) >= 11 is 0. The quantitative estimate of drug-likeness (QED) is 0.295. The van der Waals surface area contributed by atoms with Gasteiger partial charge in [-0.05, 0) is 35.4 Å². The highest BCUT2D eigenvalue weighted by atomic mass is 15.0. The first-order valence-corrected chi connectivity index (χ1v) is 10.2. The van der Waals surface area contributed by atoms with Crippen molar-refractivity contribution >= 4 is 43.6 Å². The van der Waals surface area contributed by atoms with Crippen LogP contribution in [0.5, 0.6) is 0 Å². The molecule has 0 spiro atoms. The summed E-state index contributed by atoms with van der Waals surface area (Å²) in [6.45, 7) is 4.73. The van der Waals surface area contributed by atoms with Crippen LogP contribution in [0.4, 0.5) is 0 Å². The van der Waals surface area contributed by atoms with E-state index in [0.717, 1.165) is 0 Å². The Morgan fingerprint density at radius 1 is 0.655 bits per heavy atom. The first kappa shape index (κ1) is 15.4. The van der Waals surface area contributed by atoms with Gasteiger partial charge in [0.05, 0.1) is 16.7 Å². The molecule has 1 aliphatic heterocycles. The number of rotatable bonds is 0. The molecule has 2 aromatic heterocycles. The summed E-state index contributed by atoms with van der Waals surface area (Å²) in [5, 5.41) is 5.26. The molecule has 29 heavy (non-hydrogen) atoms. The number of nitrogens with one attached hydrogen (secondary N) is 1. The average molecular weight is 372 g/mol. The molecule has 0 saturated heterocycles. The molecule has 2 heteroatoms. The Kier molecular flexibility index (Phi) is 2.60. The van der Waals surface area contributed by atoms with Crippen molar-refractivity contribution in [3.63, 3.8) is 0 Å². The minimum Gasteiger partial charge on any atom is -0.354 e. The molecule has 6 aromatic rings. The van der Waals surface area contributed by atoms with E-state index in [9.17, 15) is 0 Å². The molecular weight excluding hydrogens is 352 g/mol. The van der Waals surface area contributed by atoms with E-state index in [1.165, 1.54) is 60.4 Å². The molecule has 1 aliphatic rings. The summed E-state index contributed by atoms with van der Waals surface area (Å²) in [7, 11) is 0. The third-order valence-corrected chi connectivity index (χ3v) is 6.90. The molecule has 3 heterocycles.